The number of aliphatic hydroxyl groups excluding tert-OH is 1. The Kier molecular flexibility index (Phi) is 4.06. The molecule has 6 nitrogen and oxygen atoms in total. The van der Waals surface area contributed by atoms with E-state index in [0.717, 1.165) is 0 Å². The van der Waals surface area contributed by atoms with Crippen molar-refractivity contribution in [2.75, 3.05) is 4.90 Å². The summed E-state index contributed by atoms with van der Waals surface area (Å²) in [6.07, 6.45) is 1.53. The van der Waals surface area contributed by atoms with Crippen molar-refractivity contribution < 1.29 is 19.8 Å². The molecule has 0 spiro atoms. The van der Waals surface area contributed by atoms with Gasteiger partial charge in [-0.1, -0.05) is 24.3 Å². The molecular formula is C18H12N2O4S2. The van der Waals surface area contributed by atoms with Crippen molar-refractivity contribution in [3.63, 3.8) is 0 Å². The number of benzene rings is 1. The third kappa shape index (κ3) is 2.51. The molecule has 0 fully saturated rings. The highest BCUT2D eigenvalue weighted by Crippen LogP contribution is 2.45. The maximum Gasteiger partial charge on any atom is 0.296 e. The minimum absolute atomic E-state index is 0.0610. The molecule has 0 bridgehead atoms. The number of ketones is 1. The van der Waals surface area contributed by atoms with Crippen molar-refractivity contribution >= 4 is 39.5 Å². The van der Waals surface area contributed by atoms with Crippen molar-refractivity contribution in [3.05, 3.63) is 75.1 Å². The molecule has 1 aliphatic heterocycles. The minimum atomic E-state index is -0.954. The van der Waals surface area contributed by atoms with E-state index in [9.17, 15) is 19.8 Å². The molecule has 3 aromatic rings. The normalized spacial score (nSPS) is 17.2. The molecule has 1 amide bonds. The average Bonchev–Trinajstić information content (AvgIpc) is 3.37. The molecule has 0 saturated carbocycles. The number of aliphatic hydroxyl groups is 1. The van der Waals surface area contributed by atoms with Crippen LogP contribution in [-0.2, 0) is 4.79 Å². The Labute approximate surface area is 156 Å². The summed E-state index contributed by atoms with van der Waals surface area (Å²) in [5.41, 5.74) is 0.286. The summed E-state index contributed by atoms with van der Waals surface area (Å²) in [5.74, 6) is -1.85. The van der Waals surface area contributed by atoms with Gasteiger partial charge in [0.05, 0.1) is 10.5 Å². The van der Waals surface area contributed by atoms with Crippen molar-refractivity contribution in [1.82, 2.24) is 4.98 Å². The number of phenols is 1. The quantitative estimate of drug-likeness (QED) is 0.670. The first-order valence-corrected chi connectivity index (χ1v) is 9.38. The number of thiazole rings is 1. The van der Waals surface area contributed by atoms with E-state index < -0.39 is 23.5 Å². The van der Waals surface area contributed by atoms with Crippen LogP contribution in [0.5, 0.6) is 5.75 Å². The molecule has 3 heterocycles. The summed E-state index contributed by atoms with van der Waals surface area (Å²) in [5, 5.41) is 24.6. The predicted molar refractivity (Wildman–Crippen MR) is 98.8 cm³/mol. The summed E-state index contributed by atoms with van der Waals surface area (Å²) in [6.45, 7) is 0. The van der Waals surface area contributed by atoms with E-state index in [0.29, 0.717) is 15.6 Å². The topological polar surface area (TPSA) is 90.7 Å². The van der Waals surface area contributed by atoms with Crippen LogP contribution in [-0.4, -0.2) is 26.9 Å². The number of amides is 1. The molecule has 0 aliphatic carbocycles. The Hall–Kier alpha value is -2.97. The highest BCUT2D eigenvalue weighted by molar-refractivity contribution is 7.14. The first-order valence-electron chi connectivity index (χ1n) is 7.62. The number of carbonyl (C=O) groups is 2. The van der Waals surface area contributed by atoms with Gasteiger partial charge in [-0.2, -0.15) is 0 Å². The number of hydrogen-bond acceptors (Lipinski definition) is 7. The Morgan fingerprint density at radius 1 is 1.08 bits per heavy atom. The van der Waals surface area contributed by atoms with Crippen LogP contribution >= 0.6 is 22.7 Å². The first-order chi connectivity index (χ1) is 12.6. The predicted octanol–water partition coefficient (Wildman–Crippen LogP) is 3.69. The van der Waals surface area contributed by atoms with E-state index in [2.05, 4.69) is 4.98 Å². The molecule has 0 saturated heterocycles. The minimum Gasteiger partial charge on any atom is -0.508 e. The summed E-state index contributed by atoms with van der Waals surface area (Å²) in [4.78, 5) is 31.5. The lowest BCUT2D eigenvalue weighted by molar-refractivity contribution is -0.117. The second-order valence-corrected chi connectivity index (χ2v) is 7.34. The molecule has 0 radical (unpaired) electrons. The smallest absolute Gasteiger partial charge is 0.296 e. The van der Waals surface area contributed by atoms with Gasteiger partial charge in [0.1, 0.15) is 11.8 Å². The Balaban J connectivity index is 1.91. The standard InChI is InChI=1S/C18H12N2O4S2/c21-11-5-2-1-4-10(11)14-13(15(22)12-6-3-8-25-12)16(23)17(24)20(14)18-19-7-9-26-18/h1-9,14,21,23H. The average molecular weight is 384 g/mol. The van der Waals surface area contributed by atoms with Gasteiger partial charge >= 0.3 is 0 Å². The Bertz CT molecular complexity index is 1010. The second-order valence-electron chi connectivity index (χ2n) is 5.52. The first kappa shape index (κ1) is 16.5. The number of aromatic nitrogens is 1. The van der Waals surface area contributed by atoms with E-state index >= 15 is 0 Å². The number of aromatic hydroxyl groups is 1. The summed E-state index contributed by atoms with van der Waals surface area (Å²) in [7, 11) is 0. The number of thiophene rings is 1. The SMILES string of the molecule is O=C(C1=C(O)C(=O)N(c2nccs2)C1c1ccccc1O)c1cccs1. The van der Waals surface area contributed by atoms with Crippen LogP contribution in [0.15, 0.2) is 64.7 Å². The van der Waals surface area contributed by atoms with Gasteiger partial charge < -0.3 is 10.2 Å². The van der Waals surface area contributed by atoms with Crippen molar-refractivity contribution in [3.8, 4) is 5.75 Å². The zero-order valence-corrected chi connectivity index (χ0v) is 14.8. The number of hydrogen-bond donors (Lipinski definition) is 2. The van der Waals surface area contributed by atoms with Crippen molar-refractivity contribution in [2.24, 2.45) is 0 Å². The summed E-state index contributed by atoms with van der Waals surface area (Å²) >= 11 is 2.43. The van der Waals surface area contributed by atoms with E-state index in [4.69, 9.17) is 0 Å². The lowest BCUT2D eigenvalue weighted by Gasteiger charge is -2.24. The number of rotatable bonds is 4. The van der Waals surface area contributed by atoms with Crippen molar-refractivity contribution in [2.45, 2.75) is 6.04 Å². The number of nitrogens with zero attached hydrogens (tertiary/aromatic N) is 2. The van der Waals surface area contributed by atoms with E-state index in [1.165, 1.54) is 39.8 Å². The molecule has 2 aromatic heterocycles. The van der Waals surface area contributed by atoms with Crippen LogP contribution < -0.4 is 4.90 Å². The lowest BCUT2D eigenvalue weighted by atomic mass is 9.95. The molecule has 1 aromatic carbocycles. The third-order valence-electron chi connectivity index (χ3n) is 4.05. The van der Waals surface area contributed by atoms with Crippen LogP contribution in [0.2, 0.25) is 0 Å². The maximum absolute atomic E-state index is 13.0. The second kappa shape index (κ2) is 6.40. The highest BCUT2D eigenvalue weighted by Gasteiger charge is 2.46. The fraction of sp³-hybridized carbons (Fsp3) is 0.0556. The van der Waals surface area contributed by atoms with Gasteiger partial charge in [0.2, 0.25) is 5.78 Å². The van der Waals surface area contributed by atoms with Gasteiger partial charge in [-0.25, -0.2) is 4.98 Å². The summed E-state index contributed by atoms with van der Waals surface area (Å²) < 4.78 is 0. The fourth-order valence-corrected chi connectivity index (χ4v) is 4.27. The van der Waals surface area contributed by atoms with Gasteiger partial charge in [-0.05, 0) is 17.5 Å². The number of carbonyl (C=O) groups excluding carboxylic acids is 2. The zero-order valence-electron chi connectivity index (χ0n) is 13.2. The molecule has 8 heteroatoms. The molecule has 1 atom stereocenters. The third-order valence-corrected chi connectivity index (χ3v) is 5.69. The van der Waals surface area contributed by atoms with E-state index in [1.807, 2.05) is 0 Å². The number of para-hydroxylation sites is 1. The highest BCUT2D eigenvalue weighted by atomic mass is 32.1. The zero-order chi connectivity index (χ0) is 18.3. The Morgan fingerprint density at radius 3 is 2.54 bits per heavy atom. The molecule has 1 aliphatic rings. The van der Waals surface area contributed by atoms with Crippen molar-refractivity contribution in [1.29, 1.82) is 0 Å². The van der Waals surface area contributed by atoms with Crippen LogP contribution in [0, 0.1) is 0 Å². The van der Waals surface area contributed by atoms with E-state index in [1.54, 1.807) is 41.1 Å². The van der Waals surface area contributed by atoms with Crippen LogP contribution in [0.25, 0.3) is 0 Å². The van der Waals surface area contributed by atoms with Crippen LogP contribution in [0.4, 0.5) is 5.13 Å². The lowest BCUT2D eigenvalue weighted by Crippen LogP contribution is -2.30. The molecule has 4 rings (SSSR count). The van der Waals surface area contributed by atoms with Gasteiger partial charge in [-0.3, -0.25) is 14.5 Å². The number of phenolic OH excluding ortho intramolecular Hbond substituents is 1. The Morgan fingerprint density at radius 2 is 1.88 bits per heavy atom. The molecule has 2 N–H and O–H groups in total. The molecule has 130 valence electrons. The largest absolute Gasteiger partial charge is 0.508 e. The van der Waals surface area contributed by atoms with Gasteiger partial charge in [0, 0.05) is 17.1 Å². The van der Waals surface area contributed by atoms with Gasteiger partial charge in [-0.15, -0.1) is 22.7 Å². The maximum atomic E-state index is 13.0. The molecular weight excluding hydrogens is 372 g/mol. The number of Topliss-reactive ketones (excluding diaryl/α,β-unsaturated/α-hetero) is 1. The summed E-state index contributed by atoms with van der Waals surface area (Å²) in [6, 6.07) is 8.84. The number of anilines is 1. The van der Waals surface area contributed by atoms with Crippen LogP contribution in [0.1, 0.15) is 21.3 Å². The van der Waals surface area contributed by atoms with E-state index in [-0.39, 0.29) is 11.3 Å². The van der Waals surface area contributed by atoms with Gasteiger partial charge in [0.15, 0.2) is 10.9 Å². The molecule has 1 unspecified atom stereocenters. The molecule has 26 heavy (non-hydrogen) atoms. The monoisotopic (exact) mass is 384 g/mol. The van der Waals surface area contributed by atoms with Gasteiger partial charge in [0.25, 0.3) is 5.91 Å². The van der Waals surface area contributed by atoms with Crippen LogP contribution in [0.3, 0.4) is 0 Å². The fourth-order valence-electron chi connectivity index (χ4n) is 2.92.